The topological polar surface area (TPSA) is 73.8 Å². The molecule has 5 rings (SSSR count). The molecule has 212 valence electrons. The number of likely N-dealkylation sites (tertiary alicyclic amines) is 1. The van der Waals surface area contributed by atoms with E-state index in [2.05, 4.69) is 24.9 Å². The highest BCUT2D eigenvalue weighted by atomic mass is 19.4. The zero-order valence-corrected chi connectivity index (χ0v) is 21.7. The highest BCUT2D eigenvalue weighted by Gasteiger charge is 2.52. The van der Waals surface area contributed by atoms with E-state index in [0.29, 0.717) is 13.1 Å². The van der Waals surface area contributed by atoms with Crippen LogP contribution in [0.15, 0.2) is 36.7 Å². The van der Waals surface area contributed by atoms with E-state index in [4.69, 9.17) is 0 Å². The van der Waals surface area contributed by atoms with Crippen molar-refractivity contribution in [3.8, 4) is 5.75 Å². The van der Waals surface area contributed by atoms with Gasteiger partial charge in [0.15, 0.2) is 0 Å². The van der Waals surface area contributed by atoms with Crippen LogP contribution in [0.5, 0.6) is 5.75 Å². The molecule has 1 saturated carbocycles. The van der Waals surface area contributed by atoms with E-state index in [0.717, 1.165) is 50.4 Å². The molecule has 0 bridgehead atoms. The third-order valence-corrected chi connectivity index (χ3v) is 7.76. The van der Waals surface area contributed by atoms with Crippen molar-refractivity contribution in [3.63, 3.8) is 0 Å². The smallest absolute Gasteiger partial charge is 0.419 e. The van der Waals surface area contributed by atoms with Crippen molar-refractivity contribution < 1.29 is 31.5 Å². The van der Waals surface area contributed by atoms with E-state index >= 15 is 0 Å². The predicted molar refractivity (Wildman–Crippen MR) is 132 cm³/mol. The third kappa shape index (κ3) is 6.02. The van der Waals surface area contributed by atoms with Gasteiger partial charge < -0.3 is 19.9 Å². The molecule has 1 aliphatic carbocycles. The summed E-state index contributed by atoms with van der Waals surface area (Å²) < 4.78 is 67.5. The maximum atomic E-state index is 13.1. The second-order valence-corrected chi connectivity index (χ2v) is 11.0. The largest absolute Gasteiger partial charge is 0.435 e. The third-order valence-electron chi connectivity index (χ3n) is 7.76. The first kappa shape index (κ1) is 27.4. The number of hydrogen-bond donors (Lipinski definition) is 1. The molecule has 8 nitrogen and oxygen atoms in total. The Kier molecular flexibility index (Phi) is 7.29. The Morgan fingerprint density at radius 3 is 2.21 bits per heavy atom. The molecule has 1 aromatic carbocycles. The minimum atomic E-state index is -4.49. The molecule has 13 heteroatoms. The molecule has 0 unspecified atom stereocenters. The minimum Gasteiger partial charge on any atom is -0.435 e. The quantitative estimate of drug-likeness (QED) is 0.535. The first-order chi connectivity index (χ1) is 18.4. The van der Waals surface area contributed by atoms with Crippen LogP contribution >= 0.6 is 0 Å². The number of benzene rings is 1. The lowest BCUT2D eigenvalue weighted by Gasteiger charge is -2.59. The number of urea groups is 1. The molecular formula is C26H31F5N6O2. The molecule has 0 radical (unpaired) electrons. The summed E-state index contributed by atoms with van der Waals surface area (Å²) in [6.45, 7) is 4.39. The van der Waals surface area contributed by atoms with Gasteiger partial charge in [0.05, 0.1) is 5.56 Å². The zero-order chi connectivity index (χ0) is 27.9. The minimum absolute atomic E-state index is 0.0982. The standard InChI is InChI=1S/C26H31F5N6O2/c1-16-11-36(23-32-9-19(10-33-23)26(29,30)31)12-17(2)37(16)24(38)34-20-7-25(8-20)14-35(15-25)13-18-3-5-21(6-4-18)39-22(27)28/h3-6,9-10,16-17,20,22H,7-8,11-15H2,1-2H3,(H,34,38)/t16-,17+. The van der Waals surface area contributed by atoms with Crippen LogP contribution in [0, 0.1) is 5.41 Å². The number of alkyl halides is 5. The highest BCUT2D eigenvalue weighted by molar-refractivity contribution is 5.76. The molecule has 1 N–H and O–H groups in total. The average Bonchev–Trinajstić information content (AvgIpc) is 2.81. The van der Waals surface area contributed by atoms with Gasteiger partial charge in [-0.1, -0.05) is 12.1 Å². The molecule has 2 saturated heterocycles. The first-order valence-corrected chi connectivity index (χ1v) is 12.9. The van der Waals surface area contributed by atoms with Crippen LogP contribution in [-0.2, 0) is 12.7 Å². The predicted octanol–water partition coefficient (Wildman–Crippen LogP) is 4.37. The number of nitrogens with zero attached hydrogens (tertiary/aromatic N) is 5. The van der Waals surface area contributed by atoms with Crippen molar-refractivity contribution in [2.24, 2.45) is 5.41 Å². The Bertz CT molecular complexity index is 1140. The van der Waals surface area contributed by atoms with Gasteiger partial charge in [-0.15, -0.1) is 0 Å². The molecule has 2 amide bonds. The number of aromatic nitrogens is 2. The first-order valence-electron chi connectivity index (χ1n) is 12.9. The maximum absolute atomic E-state index is 13.1. The maximum Gasteiger partial charge on any atom is 0.419 e. The monoisotopic (exact) mass is 554 g/mol. The van der Waals surface area contributed by atoms with Gasteiger partial charge >= 0.3 is 18.8 Å². The number of halogens is 5. The van der Waals surface area contributed by atoms with Crippen LogP contribution in [0.1, 0.15) is 37.8 Å². The zero-order valence-electron chi connectivity index (χ0n) is 21.7. The summed E-state index contributed by atoms with van der Waals surface area (Å²) in [6, 6.07) is 6.28. The van der Waals surface area contributed by atoms with Crippen molar-refractivity contribution in [2.75, 3.05) is 31.1 Å². The number of carbonyl (C=O) groups excluding carboxylic acids is 1. The van der Waals surface area contributed by atoms with Gasteiger partial charge in [0.1, 0.15) is 5.75 Å². The van der Waals surface area contributed by atoms with Gasteiger partial charge in [-0.25, -0.2) is 14.8 Å². The number of hydrogen-bond acceptors (Lipinski definition) is 6. The van der Waals surface area contributed by atoms with E-state index in [1.807, 2.05) is 13.8 Å². The molecule has 3 heterocycles. The van der Waals surface area contributed by atoms with Gasteiger partial charge in [-0.2, -0.15) is 22.0 Å². The second kappa shape index (κ2) is 10.4. The van der Waals surface area contributed by atoms with Gasteiger partial charge in [-0.3, -0.25) is 4.90 Å². The molecule has 2 aliphatic heterocycles. The van der Waals surface area contributed by atoms with Crippen molar-refractivity contribution in [1.29, 1.82) is 0 Å². The fraction of sp³-hybridized carbons (Fsp3) is 0.577. The number of nitrogens with one attached hydrogen (secondary N) is 1. The summed E-state index contributed by atoms with van der Waals surface area (Å²) in [4.78, 5) is 26.8. The van der Waals surface area contributed by atoms with Crippen LogP contribution < -0.4 is 15.0 Å². The number of amides is 2. The lowest BCUT2D eigenvalue weighted by atomic mass is 9.60. The van der Waals surface area contributed by atoms with Crippen LogP contribution in [0.4, 0.5) is 32.7 Å². The molecule has 2 atom stereocenters. The van der Waals surface area contributed by atoms with E-state index in [-0.39, 0.29) is 41.3 Å². The van der Waals surface area contributed by atoms with Crippen molar-refractivity contribution >= 4 is 12.0 Å². The van der Waals surface area contributed by atoms with E-state index < -0.39 is 18.4 Å². The summed E-state index contributed by atoms with van der Waals surface area (Å²) in [5.74, 6) is 0.360. The summed E-state index contributed by atoms with van der Waals surface area (Å²) in [6.07, 6.45) is -1.12. The Labute approximate surface area is 223 Å². The SMILES string of the molecule is C[C@@H]1CN(c2ncc(C(F)(F)F)cn2)C[C@H](C)N1C(=O)NC1CC2(C1)CN(Cc1ccc(OC(F)F)cc1)C2. The normalized spacial score (nSPS) is 23.5. The summed E-state index contributed by atoms with van der Waals surface area (Å²) >= 11 is 0. The molecular weight excluding hydrogens is 523 g/mol. The molecule has 1 aromatic heterocycles. The fourth-order valence-corrected chi connectivity index (χ4v) is 6.16. The van der Waals surface area contributed by atoms with Crippen molar-refractivity contribution in [3.05, 3.63) is 47.8 Å². The van der Waals surface area contributed by atoms with E-state index in [1.165, 1.54) is 0 Å². The Hall–Kier alpha value is -3.22. The Morgan fingerprint density at radius 2 is 1.67 bits per heavy atom. The Balaban J connectivity index is 1.06. The van der Waals surface area contributed by atoms with E-state index in [9.17, 15) is 26.7 Å². The fourth-order valence-electron chi connectivity index (χ4n) is 6.16. The summed E-state index contributed by atoms with van der Waals surface area (Å²) in [5, 5.41) is 3.15. The number of carbonyl (C=O) groups is 1. The van der Waals surface area contributed by atoms with Crippen LogP contribution in [0.2, 0.25) is 0 Å². The van der Waals surface area contributed by atoms with Gasteiger partial charge in [0.25, 0.3) is 0 Å². The number of piperazine rings is 1. The highest BCUT2D eigenvalue weighted by Crippen LogP contribution is 2.48. The molecule has 1 spiro atoms. The molecule has 2 aromatic rings. The van der Waals surface area contributed by atoms with Crippen molar-refractivity contribution in [2.45, 2.75) is 64.1 Å². The van der Waals surface area contributed by atoms with Crippen molar-refractivity contribution in [1.82, 2.24) is 25.1 Å². The summed E-state index contributed by atoms with van der Waals surface area (Å²) in [7, 11) is 0. The Morgan fingerprint density at radius 1 is 1.08 bits per heavy atom. The van der Waals surface area contributed by atoms with Gasteiger partial charge in [0, 0.05) is 63.2 Å². The molecule has 3 aliphatic rings. The van der Waals surface area contributed by atoms with Crippen LogP contribution in [0.3, 0.4) is 0 Å². The lowest BCUT2D eigenvalue weighted by Crippen LogP contribution is -2.68. The summed E-state index contributed by atoms with van der Waals surface area (Å²) in [5.41, 5.74) is 0.334. The number of rotatable bonds is 6. The van der Waals surface area contributed by atoms with Crippen LogP contribution in [0.25, 0.3) is 0 Å². The lowest BCUT2D eigenvalue weighted by molar-refractivity contribution is -0.138. The molecule has 39 heavy (non-hydrogen) atoms. The molecule has 3 fully saturated rings. The second-order valence-electron chi connectivity index (χ2n) is 11.0. The van der Waals surface area contributed by atoms with Gasteiger partial charge in [-0.05, 0) is 49.8 Å². The van der Waals surface area contributed by atoms with Crippen LogP contribution in [-0.4, -0.2) is 76.7 Å². The number of ether oxygens (including phenoxy) is 1. The number of anilines is 1. The van der Waals surface area contributed by atoms with E-state index in [1.54, 1.807) is 34.1 Å². The van der Waals surface area contributed by atoms with Gasteiger partial charge in [0.2, 0.25) is 5.95 Å². The average molecular weight is 555 g/mol.